The number of aryl methyl sites for hydroxylation is 1. The maximum absolute atomic E-state index is 11.5. The Morgan fingerprint density at radius 3 is 2.53 bits per heavy atom. The second kappa shape index (κ2) is 6.69. The first kappa shape index (κ1) is 14.9. The standard InChI is InChI=1S/C12H13NO5S/c1-7-2-3-8(19-7)4-5-10(14)13-9(12(17)18)6-11(15)16/h2-5,9H,6H2,1H3,(H,13,14)(H,15,16)(H,17,18)/b5-4+. The summed E-state index contributed by atoms with van der Waals surface area (Å²) in [6.45, 7) is 1.93. The summed E-state index contributed by atoms with van der Waals surface area (Å²) in [5.41, 5.74) is 0. The highest BCUT2D eigenvalue weighted by atomic mass is 32.1. The topological polar surface area (TPSA) is 104 Å². The van der Waals surface area contributed by atoms with Gasteiger partial charge in [-0.2, -0.15) is 0 Å². The summed E-state index contributed by atoms with van der Waals surface area (Å²) < 4.78 is 0. The molecule has 0 spiro atoms. The number of hydrogen-bond donors (Lipinski definition) is 3. The van der Waals surface area contributed by atoms with Gasteiger partial charge in [-0.05, 0) is 25.1 Å². The van der Waals surface area contributed by atoms with E-state index in [0.29, 0.717) is 0 Å². The fourth-order valence-electron chi connectivity index (χ4n) is 1.30. The van der Waals surface area contributed by atoms with E-state index in [0.717, 1.165) is 9.75 Å². The Balaban J connectivity index is 2.60. The minimum absolute atomic E-state index is 0.639. The first-order chi connectivity index (χ1) is 8.88. The molecule has 0 saturated carbocycles. The number of carbonyl (C=O) groups is 3. The van der Waals surface area contributed by atoms with Crippen molar-refractivity contribution in [1.82, 2.24) is 5.32 Å². The lowest BCUT2D eigenvalue weighted by molar-refractivity contribution is -0.146. The Kier molecular flexibility index (Phi) is 5.25. The molecule has 0 bridgehead atoms. The predicted octanol–water partition coefficient (Wildman–Crippen LogP) is 1.11. The molecule has 102 valence electrons. The van der Waals surface area contributed by atoms with Crippen molar-refractivity contribution in [2.45, 2.75) is 19.4 Å². The first-order valence-corrected chi connectivity index (χ1v) is 6.19. The van der Waals surface area contributed by atoms with Crippen LogP contribution in [0, 0.1) is 6.92 Å². The highest BCUT2D eigenvalue weighted by Gasteiger charge is 2.21. The summed E-state index contributed by atoms with van der Waals surface area (Å²) in [6.07, 6.45) is 2.07. The van der Waals surface area contributed by atoms with Crippen LogP contribution in [0.1, 0.15) is 16.2 Å². The predicted molar refractivity (Wildman–Crippen MR) is 69.9 cm³/mol. The van der Waals surface area contributed by atoms with Crippen molar-refractivity contribution >= 4 is 35.3 Å². The van der Waals surface area contributed by atoms with Gasteiger partial charge in [0.1, 0.15) is 6.04 Å². The molecule has 0 radical (unpaired) electrons. The molecule has 0 aliphatic rings. The maximum Gasteiger partial charge on any atom is 0.326 e. The van der Waals surface area contributed by atoms with Crippen molar-refractivity contribution in [3.05, 3.63) is 28.0 Å². The average Bonchev–Trinajstić information content (AvgIpc) is 2.71. The van der Waals surface area contributed by atoms with E-state index >= 15 is 0 Å². The number of rotatable bonds is 6. The molecule has 3 N–H and O–H groups in total. The summed E-state index contributed by atoms with van der Waals surface area (Å²) in [5, 5.41) is 19.4. The molecule has 0 saturated heterocycles. The van der Waals surface area contributed by atoms with Crippen molar-refractivity contribution in [3.63, 3.8) is 0 Å². The quantitative estimate of drug-likeness (QED) is 0.679. The molecule has 6 nitrogen and oxygen atoms in total. The summed E-state index contributed by atoms with van der Waals surface area (Å²) >= 11 is 1.49. The van der Waals surface area contributed by atoms with Gasteiger partial charge in [0.25, 0.3) is 0 Å². The van der Waals surface area contributed by atoms with E-state index < -0.39 is 30.3 Å². The van der Waals surface area contributed by atoms with E-state index in [2.05, 4.69) is 5.32 Å². The third-order valence-electron chi connectivity index (χ3n) is 2.15. The van der Waals surface area contributed by atoms with Gasteiger partial charge in [0.05, 0.1) is 6.42 Å². The van der Waals surface area contributed by atoms with Gasteiger partial charge in [-0.1, -0.05) is 0 Å². The second-order valence-corrected chi connectivity index (χ2v) is 5.10. The van der Waals surface area contributed by atoms with E-state index in [1.807, 2.05) is 19.1 Å². The molecule has 7 heteroatoms. The monoisotopic (exact) mass is 283 g/mol. The number of aliphatic carboxylic acids is 2. The van der Waals surface area contributed by atoms with Crippen molar-refractivity contribution in [2.75, 3.05) is 0 Å². The fourth-order valence-corrected chi connectivity index (χ4v) is 2.08. The normalized spacial score (nSPS) is 12.3. The van der Waals surface area contributed by atoms with Gasteiger partial charge in [-0.15, -0.1) is 11.3 Å². The van der Waals surface area contributed by atoms with Crippen LogP contribution in [0.2, 0.25) is 0 Å². The van der Waals surface area contributed by atoms with Gasteiger partial charge in [0, 0.05) is 15.8 Å². The van der Waals surface area contributed by atoms with Crippen LogP contribution in [-0.4, -0.2) is 34.1 Å². The number of amides is 1. The molecule has 1 unspecified atom stereocenters. The minimum atomic E-state index is -1.43. The third-order valence-corrected chi connectivity index (χ3v) is 3.12. The minimum Gasteiger partial charge on any atom is -0.481 e. The van der Waals surface area contributed by atoms with E-state index in [1.54, 1.807) is 6.08 Å². The lowest BCUT2D eigenvalue weighted by atomic mass is 10.2. The van der Waals surface area contributed by atoms with Gasteiger partial charge in [-0.25, -0.2) is 4.79 Å². The van der Waals surface area contributed by atoms with Crippen LogP contribution < -0.4 is 5.32 Å². The van der Waals surface area contributed by atoms with E-state index in [9.17, 15) is 14.4 Å². The Hall–Kier alpha value is -2.15. The maximum atomic E-state index is 11.5. The SMILES string of the molecule is Cc1ccc(/C=C/C(=O)NC(CC(=O)O)C(=O)O)s1. The van der Waals surface area contributed by atoms with Crippen LogP contribution in [0.25, 0.3) is 6.08 Å². The lowest BCUT2D eigenvalue weighted by Gasteiger charge is -2.10. The fraction of sp³-hybridized carbons (Fsp3) is 0.250. The van der Waals surface area contributed by atoms with Gasteiger partial charge in [0.15, 0.2) is 0 Å². The summed E-state index contributed by atoms with van der Waals surface area (Å²) in [5.74, 6) is -3.30. The van der Waals surface area contributed by atoms with Crippen LogP contribution >= 0.6 is 11.3 Å². The molecular formula is C12H13NO5S. The van der Waals surface area contributed by atoms with E-state index in [1.165, 1.54) is 17.4 Å². The molecule has 0 aromatic carbocycles. The Labute approximate surface area is 113 Å². The van der Waals surface area contributed by atoms with Gasteiger partial charge in [0.2, 0.25) is 5.91 Å². The molecule has 1 rings (SSSR count). The molecule has 1 aromatic heterocycles. The molecule has 1 amide bonds. The summed E-state index contributed by atoms with van der Waals surface area (Å²) in [6, 6.07) is 2.29. The highest BCUT2D eigenvalue weighted by molar-refractivity contribution is 7.12. The van der Waals surface area contributed by atoms with Gasteiger partial charge in [-0.3, -0.25) is 9.59 Å². The Bertz CT molecular complexity index is 520. The van der Waals surface area contributed by atoms with Crippen molar-refractivity contribution in [1.29, 1.82) is 0 Å². The second-order valence-electron chi connectivity index (χ2n) is 3.78. The van der Waals surface area contributed by atoms with Crippen LogP contribution in [0.4, 0.5) is 0 Å². The zero-order valence-corrected chi connectivity index (χ0v) is 10.9. The van der Waals surface area contributed by atoms with Crippen LogP contribution in [0.3, 0.4) is 0 Å². The molecular weight excluding hydrogens is 270 g/mol. The average molecular weight is 283 g/mol. The third kappa shape index (κ3) is 5.35. The van der Waals surface area contributed by atoms with Crippen molar-refractivity contribution in [2.24, 2.45) is 0 Å². The van der Waals surface area contributed by atoms with Gasteiger partial charge >= 0.3 is 11.9 Å². The number of thiophene rings is 1. The van der Waals surface area contributed by atoms with Crippen molar-refractivity contribution in [3.8, 4) is 0 Å². The number of carboxylic acids is 2. The zero-order valence-electron chi connectivity index (χ0n) is 10.1. The van der Waals surface area contributed by atoms with Crippen LogP contribution in [0.5, 0.6) is 0 Å². The van der Waals surface area contributed by atoms with E-state index in [-0.39, 0.29) is 0 Å². The smallest absolute Gasteiger partial charge is 0.326 e. The van der Waals surface area contributed by atoms with Crippen LogP contribution in [0.15, 0.2) is 18.2 Å². The summed E-state index contributed by atoms with van der Waals surface area (Å²) in [7, 11) is 0. The highest BCUT2D eigenvalue weighted by Crippen LogP contribution is 2.16. The Morgan fingerprint density at radius 1 is 1.37 bits per heavy atom. The Morgan fingerprint density at radius 2 is 2.05 bits per heavy atom. The molecule has 1 atom stereocenters. The molecule has 1 aromatic rings. The van der Waals surface area contributed by atoms with Crippen molar-refractivity contribution < 1.29 is 24.6 Å². The number of hydrogen-bond acceptors (Lipinski definition) is 4. The lowest BCUT2D eigenvalue weighted by Crippen LogP contribution is -2.41. The first-order valence-electron chi connectivity index (χ1n) is 5.38. The zero-order chi connectivity index (χ0) is 14.4. The number of carboxylic acid groups (broad SMARTS) is 2. The number of carbonyl (C=O) groups excluding carboxylic acids is 1. The molecule has 0 fully saturated rings. The largest absolute Gasteiger partial charge is 0.481 e. The van der Waals surface area contributed by atoms with Crippen LogP contribution in [-0.2, 0) is 14.4 Å². The van der Waals surface area contributed by atoms with E-state index in [4.69, 9.17) is 10.2 Å². The summed E-state index contributed by atoms with van der Waals surface area (Å²) in [4.78, 5) is 34.6. The number of nitrogens with one attached hydrogen (secondary N) is 1. The molecule has 0 aliphatic heterocycles. The molecule has 0 aliphatic carbocycles. The van der Waals surface area contributed by atoms with Gasteiger partial charge < -0.3 is 15.5 Å². The molecule has 19 heavy (non-hydrogen) atoms. The molecule has 1 heterocycles.